The van der Waals surface area contributed by atoms with Crippen molar-refractivity contribution >= 4 is 29.8 Å². The molecule has 0 amide bonds. The first kappa shape index (κ1) is 74.3. The Morgan fingerprint density at radius 2 is 0.391 bits per heavy atom. The number of ether oxygens (including phenoxy) is 10. The van der Waals surface area contributed by atoms with Crippen molar-refractivity contribution < 1.29 is 148 Å². The molecule has 0 radical (unpaired) electrons. The maximum atomic E-state index is 14.2. The van der Waals surface area contributed by atoms with E-state index in [9.17, 15) is 101 Å². The number of carboxylic acids is 5. The van der Waals surface area contributed by atoms with Crippen LogP contribution in [0.4, 0.5) is 0 Å². The van der Waals surface area contributed by atoms with Gasteiger partial charge >= 0.3 is 29.8 Å². The smallest absolute Gasteiger partial charge is 0.338 e. The van der Waals surface area contributed by atoms with E-state index in [4.69, 9.17) is 47.4 Å². The predicted octanol–water partition coefficient (Wildman–Crippen LogP) is 0.0136. The largest absolute Gasteiger partial charge is 0.479 e. The molecule has 0 saturated carbocycles. The molecule has 0 aromatic heterocycles. The maximum Gasteiger partial charge on any atom is 0.338 e. The molecule has 12 unspecified atom stereocenters. The molecule has 5 aliphatic heterocycles. The number of methoxy groups -OCH3 is 1. The summed E-state index contributed by atoms with van der Waals surface area (Å²) in [5, 5.41) is 183. The van der Waals surface area contributed by atoms with Crippen LogP contribution in [0.5, 0.6) is 0 Å². The molecule has 5 saturated heterocycles. The van der Waals surface area contributed by atoms with E-state index in [0.717, 1.165) is 173 Å². The zero-order chi connectivity index (χ0) is 69.5. The summed E-state index contributed by atoms with van der Waals surface area (Å²) in [7, 11) is 1.01. The molecule has 5 rings (SSSR count). The Bertz CT molecular complexity index is 2890. The average Bonchev–Trinajstić information content (AvgIpc) is 0.682. The lowest BCUT2D eigenvalue weighted by atomic mass is 9.57. The molecule has 15 N–H and O–H groups in total. The molecule has 5 fully saturated rings. The second-order valence-electron chi connectivity index (χ2n) is 29.0. The lowest BCUT2D eigenvalue weighted by Crippen LogP contribution is -2.93. The number of rotatable bonds is 14. The quantitative estimate of drug-likeness (QED) is 0.109. The normalized spacial score (nSPS) is 58.7. The van der Waals surface area contributed by atoms with E-state index >= 15 is 0 Å². The van der Waals surface area contributed by atoms with Crippen LogP contribution >= 0.6 is 0 Å². The fourth-order valence-electron chi connectivity index (χ4n) is 14.5. The van der Waals surface area contributed by atoms with E-state index in [1.54, 1.807) is 0 Å². The molecular formula is C57H96O30. The van der Waals surface area contributed by atoms with Gasteiger partial charge in [-0.15, -0.1) is 0 Å². The Hall–Kier alpha value is -3.45. The Kier molecular flexibility index (Phi) is 15.9. The van der Waals surface area contributed by atoms with E-state index in [2.05, 4.69) is 0 Å². The summed E-state index contributed by atoms with van der Waals surface area (Å²) >= 11 is 0. The summed E-state index contributed by atoms with van der Waals surface area (Å²) in [6.45, 7) is 23.1. The van der Waals surface area contributed by atoms with Gasteiger partial charge in [-0.2, -0.15) is 0 Å². The van der Waals surface area contributed by atoms with Crippen LogP contribution in [0.15, 0.2) is 0 Å². The third-order valence-electron chi connectivity index (χ3n) is 24.7. The standard InChI is InChI=1S/C57H96O30/c1-33(2)39(8,68)40(9,69)50(19,35(4,79-33)29(60)61)84-55(24)46(15,75)42(11,71)52(21,37(6,81-55)31(64)65)86-57(26)48(17,77)44(13,73)53(22,38(7,83-57)32(66)67)87-56(25)47(16,76)43(12,72)51(20,36(5,82-56)30(62)63)85-54(23)45(14,74)41(10,70)49(18,78-27)34(3,80-54)28(58)59/h68-77H,1-27H3,(H,58,59)(H,60,61)(H,62,63)(H,64,65)(H,66,67)/t34?,35?,36?,37?,38?,39?,40-,41-,42?,43?,44+,45?,46?,47?,48?,49+,50+,51+,52+,53+,54-,55-,56-,57-/m0/s1. The number of aliphatic carboxylic acids is 5. The van der Waals surface area contributed by atoms with E-state index in [1.807, 2.05) is 0 Å². The molecule has 0 aromatic rings. The first-order chi connectivity index (χ1) is 37.6. The van der Waals surface area contributed by atoms with Gasteiger partial charge in [-0.1, -0.05) is 0 Å². The first-order valence-corrected chi connectivity index (χ1v) is 27.9. The lowest BCUT2D eigenvalue weighted by molar-refractivity contribution is -0.543. The Balaban J connectivity index is 1.73. The average molecular weight is 1260 g/mol. The van der Waals surface area contributed by atoms with Gasteiger partial charge in [0.1, 0.15) is 84.0 Å². The predicted molar refractivity (Wildman–Crippen MR) is 293 cm³/mol. The minimum atomic E-state index is -3.38. The second kappa shape index (κ2) is 18.7. The van der Waals surface area contributed by atoms with Crippen molar-refractivity contribution in [1.82, 2.24) is 0 Å². The highest BCUT2D eigenvalue weighted by Crippen LogP contribution is 2.68. The molecule has 0 spiro atoms. The summed E-state index contributed by atoms with van der Waals surface area (Å²) < 4.78 is 62.4. The van der Waals surface area contributed by atoms with Crippen LogP contribution in [0.2, 0.25) is 0 Å². The fraction of sp³-hybridized carbons (Fsp3) is 0.912. The Morgan fingerprint density at radius 1 is 0.241 bits per heavy atom. The molecule has 30 nitrogen and oxygen atoms in total. The highest BCUT2D eigenvalue weighted by Gasteiger charge is 2.89. The highest BCUT2D eigenvalue weighted by atomic mass is 16.8. The van der Waals surface area contributed by atoms with Crippen LogP contribution in [0.1, 0.15) is 180 Å². The van der Waals surface area contributed by atoms with Crippen LogP contribution < -0.4 is 0 Å². The fourth-order valence-corrected chi connectivity index (χ4v) is 14.5. The monoisotopic (exact) mass is 1260 g/mol. The van der Waals surface area contributed by atoms with Crippen LogP contribution in [-0.2, 0) is 71.3 Å². The molecule has 0 bridgehead atoms. The van der Waals surface area contributed by atoms with E-state index in [1.165, 1.54) is 13.8 Å². The van der Waals surface area contributed by atoms with Gasteiger partial charge in [0.05, 0.1) is 5.60 Å². The van der Waals surface area contributed by atoms with Gasteiger partial charge in [0.25, 0.3) is 0 Å². The number of carbonyl (C=O) groups is 5. The van der Waals surface area contributed by atoms with E-state index < -0.39 is 171 Å². The van der Waals surface area contributed by atoms with Gasteiger partial charge in [0.2, 0.25) is 0 Å². The van der Waals surface area contributed by atoms with Crippen LogP contribution in [0.3, 0.4) is 0 Å². The van der Waals surface area contributed by atoms with Gasteiger partial charge in [-0.05, 0) is 180 Å². The summed E-state index contributed by atoms with van der Waals surface area (Å²) in [6, 6.07) is 0. The zero-order valence-electron chi connectivity index (χ0n) is 54.8. The summed E-state index contributed by atoms with van der Waals surface area (Å²) in [5.41, 5.74) is -62.6. The number of aliphatic hydroxyl groups is 10. The molecule has 24 atom stereocenters. The third-order valence-corrected chi connectivity index (χ3v) is 24.7. The topological polar surface area (TPSA) is 481 Å². The van der Waals surface area contributed by atoms with Crippen molar-refractivity contribution in [3.8, 4) is 0 Å². The SMILES string of the molecule is CO[C@]1(C)C(C)(C(=O)O)O[C@@](C)(O[C@]2(C)C(C)(C(=O)O)O[C@@](C)(O[C@]3(C)C(C)(C(=O)O)O[C@@](C)(O[C@]4(C)C(C)(C(=O)O)O[C@@](C)(O[C@]5(C)C(C)(C(=O)O)OC(C)(C)C(C)(O)[C@]5(C)O)C(C)(O)C4(C)O)C(C)(O)[C@@]3(C)O)C(C)(O)C2(C)O)C(C)(O)[C@]1(C)O. The van der Waals surface area contributed by atoms with Gasteiger partial charge in [-0.25, -0.2) is 24.0 Å². The molecule has 0 aromatic carbocycles. The summed E-state index contributed by atoms with van der Waals surface area (Å²) in [6.07, 6.45) is 0. The number of hydrogen-bond acceptors (Lipinski definition) is 25. The van der Waals surface area contributed by atoms with Crippen molar-refractivity contribution in [2.75, 3.05) is 7.11 Å². The molecule has 504 valence electrons. The van der Waals surface area contributed by atoms with Gasteiger partial charge in [0, 0.05) is 7.11 Å². The molecule has 5 aliphatic rings. The number of carboxylic acid groups (broad SMARTS) is 5. The minimum absolute atomic E-state index is 0.718. The van der Waals surface area contributed by atoms with Crippen molar-refractivity contribution in [2.24, 2.45) is 0 Å². The Labute approximate surface area is 504 Å². The van der Waals surface area contributed by atoms with Crippen LogP contribution in [0, 0.1) is 0 Å². The molecule has 87 heavy (non-hydrogen) atoms. The van der Waals surface area contributed by atoms with Gasteiger partial charge in [0.15, 0.2) is 51.2 Å². The van der Waals surface area contributed by atoms with Crippen LogP contribution in [0.25, 0.3) is 0 Å². The van der Waals surface area contributed by atoms with Crippen molar-refractivity contribution in [3.63, 3.8) is 0 Å². The first-order valence-electron chi connectivity index (χ1n) is 27.9. The van der Waals surface area contributed by atoms with Crippen LogP contribution in [-0.4, -0.2) is 254 Å². The van der Waals surface area contributed by atoms with Crippen molar-refractivity contribution in [2.45, 2.75) is 321 Å². The molecule has 0 aliphatic carbocycles. The summed E-state index contributed by atoms with van der Waals surface area (Å²) in [4.78, 5) is 68.8. The molecular weight excluding hydrogens is 1160 g/mol. The molecule has 30 heteroatoms. The van der Waals surface area contributed by atoms with Crippen molar-refractivity contribution in [3.05, 3.63) is 0 Å². The van der Waals surface area contributed by atoms with E-state index in [-0.39, 0.29) is 0 Å². The second-order valence-corrected chi connectivity index (χ2v) is 29.0. The molecule has 5 heterocycles. The van der Waals surface area contributed by atoms with Gasteiger partial charge < -0.3 is 124 Å². The minimum Gasteiger partial charge on any atom is -0.479 e. The Morgan fingerprint density at radius 3 is 0.563 bits per heavy atom. The van der Waals surface area contributed by atoms with E-state index in [0.29, 0.717) is 0 Å². The van der Waals surface area contributed by atoms with Crippen molar-refractivity contribution in [1.29, 1.82) is 0 Å². The zero-order valence-corrected chi connectivity index (χ0v) is 54.8. The maximum absolute atomic E-state index is 14.2. The lowest BCUT2D eigenvalue weighted by Gasteiger charge is -2.73. The summed E-state index contributed by atoms with van der Waals surface area (Å²) in [5.74, 6) is -22.6. The van der Waals surface area contributed by atoms with Gasteiger partial charge in [-0.3, -0.25) is 0 Å². The third kappa shape index (κ3) is 7.71. The number of hydrogen-bond donors (Lipinski definition) is 15. The highest BCUT2D eigenvalue weighted by molar-refractivity contribution is 5.83.